The van der Waals surface area contributed by atoms with E-state index in [0.29, 0.717) is 5.92 Å². The summed E-state index contributed by atoms with van der Waals surface area (Å²) in [6, 6.07) is 74.0. The number of nitrogens with zero attached hydrogens (tertiary/aromatic N) is 3. The van der Waals surface area contributed by atoms with Crippen molar-refractivity contribution in [3.63, 3.8) is 0 Å². The van der Waals surface area contributed by atoms with Crippen LogP contribution in [0.2, 0.25) is 0 Å². The maximum Gasteiger partial charge on any atom is 0.0973 e. The molecule has 300 valence electrons. The van der Waals surface area contributed by atoms with Gasteiger partial charge in [-0.3, -0.25) is 4.98 Å². The second kappa shape index (κ2) is 15.9. The Kier molecular flexibility index (Phi) is 9.31. The van der Waals surface area contributed by atoms with Crippen LogP contribution in [-0.2, 0) is 0 Å². The third-order valence-corrected chi connectivity index (χ3v) is 12.9. The van der Waals surface area contributed by atoms with Gasteiger partial charge in [-0.05, 0) is 114 Å². The zero-order valence-corrected chi connectivity index (χ0v) is 35.1. The normalized spacial score (nSPS) is 13.8. The molecule has 3 heteroatoms. The van der Waals surface area contributed by atoms with Gasteiger partial charge in [-0.25, -0.2) is 9.97 Å². The van der Waals surface area contributed by atoms with Gasteiger partial charge < -0.3 is 0 Å². The predicted octanol–water partition coefficient (Wildman–Crippen LogP) is 15.9. The first-order valence-electron chi connectivity index (χ1n) is 22.0. The molecular formula is C61H41N3. The molecule has 1 aliphatic rings. The molecular weight excluding hydrogens is 775 g/mol. The van der Waals surface area contributed by atoms with E-state index in [0.717, 1.165) is 62.0 Å². The van der Waals surface area contributed by atoms with Crippen LogP contribution in [0.4, 0.5) is 0 Å². The molecule has 64 heavy (non-hydrogen) atoms. The first-order valence-corrected chi connectivity index (χ1v) is 22.0. The summed E-state index contributed by atoms with van der Waals surface area (Å²) in [7, 11) is 0. The van der Waals surface area contributed by atoms with E-state index in [4.69, 9.17) is 9.97 Å². The Hall–Kier alpha value is -8.27. The molecule has 8 aromatic carbocycles. The van der Waals surface area contributed by atoms with Crippen LogP contribution in [0.3, 0.4) is 0 Å². The zero-order chi connectivity index (χ0) is 42.4. The third kappa shape index (κ3) is 6.75. The van der Waals surface area contributed by atoms with E-state index in [1.807, 2.05) is 24.3 Å². The molecule has 0 bridgehead atoms. The fraction of sp³-hybridized carbons (Fsp3) is 0.0328. The number of rotatable bonds is 7. The highest BCUT2D eigenvalue weighted by atomic mass is 14.8. The van der Waals surface area contributed by atoms with E-state index in [1.165, 1.54) is 60.5 Å². The lowest BCUT2D eigenvalue weighted by atomic mass is 9.82. The Labute approximate surface area is 372 Å². The van der Waals surface area contributed by atoms with Gasteiger partial charge in [0, 0.05) is 28.5 Å². The van der Waals surface area contributed by atoms with Crippen LogP contribution in [0.25, 0.3) is 105 Å². The minimum absolute atomic E-state index is 0.361. The van der Waals surface area contributed by atoms with Crippen LogP contribution in [-0.4, -0.2) is 15.0 Å². The van der Waals surface area contributed by atoms with Crippen molar-refractivity contribution in [2.24, 2.45) is 0 Å². The van der Waals surface area contributed by atoms with Gasteiger partial charge in [-0.2, -0.15) is 0 Å². The molecule has 0 N–H and O–H groups in total. The molecule has 1 unspecified atom stereocenters. The number of pyridine rings is 3. The van der Waals surface area contributed by atoms with Crippen molar-refractivity contribution in [1.29, 1.82) is 0 Å². The topological polar surface area (TPSA) is 38.7 Å². The van der Waals surface area contributed by atoms with Gasteiger partial charge in [0.1, 0.15) is 0 Å². The second-order valence-electron chi connectivity index (χ2n) is 16.7. The Morgan fingerprint density at radius 3 is 1.69 bits per heavy atom. The Morgan fingerprint density at radius 1 is 0.375 bits per heavy atom. The van der Waals surface area contributed by atoms with E-state index in [-0.39, 0.29) is 0 Å². The van der Waals surface area contributed by atoms with E-state index in [9.17, 15) is 0 Å². The summed E-state index contributed by atoms with van der Waals surface area (Å²) < 4.78 is 0. The van der Waals surface area contributed by atoms with Crippen LogP contribution in [0.15, 0.2) is 231 Å². The van der Waals surface area contributed by atoms with E-state index < -0.39 is 0 Å². The average Bonchev–Trinajstić information content (AvgIpc) is 3.38. The molecule has 11 aromatic rings. The van der Waals surface area contributed by atoms with Crippen molar-refractivity contribution < 1.29 is 0 Å². The maximum atomic E-state index is 5.30. The third-order valence-electron chi connectivity index (χ3n) is 12.9. The molecule has 1 atom stereocenters. The minimum Gasteiger partial charge on any atom is -0.255 e. The maximum absolute atomic E-state index is 5.30. The Bertz CT molecular complexity index is 3610. The molecule has 3 aromatic heterocycles. The largest absolute Gasteiger partial charge is 0.255 e. The molecule has 0 aliphatic heterocycles. The molecule has 0 radical (unpaired) electrons. The molecule has 3 heterocycles. The van der Waals surface area contributed by atoms with E-state index in [1.54, 1.807) is 6.20 Å². The average molecular weight is 816 g/mol. The SMILES string of the molecule is C1=CC(c2ccccc2)CC=C1c1c2ccccc2c(-c2ccc(-c3ccccc3)cc2)c2cc(-c3cccc(-c4ccc5ccc6ccc(-c7ccccn7)nc6c5n4)c3)ccc12. The summed E-state index contributed by atoms with van der Waals surface area (Å²) in [4.78, 5) is 15.0. The van der Waals surface area contributed by atoms with E-state index >= 15 is 0 Å². The standard InChI is InChI=1S/C61H41N3/c1-3-12-40(13-4-1)42-21-25-44(26-22-42)58-51-18-7-8-19-52(51)59(45-27-23-43(24-28-45)41-14-5-2-6-15-41)54-39-49(31-34-53(54)58)48-16-11-17-50(38-48)55-35-32-46-29-30-47-33-36-57(56-20-9-10-37-62-56)64-61(47)60(46)63-55/h1-21,23-39,42H,22H2. The minimum atomic E-state index is 0.361. The molecule has 0 spiro atoms. The second-order valence-corrected chi connectivity index (χ2v) is 16.7. The summed E-state index contributed by atoms with van der Waals surface area (Å²) in [5, 5.41) is 7.09. The van der Waals surface area contributed by atoms with Crippen molar-refractivity contribution in [2.45, 2.75) is 12.3 Å². The highest BCUT2D eigenvalue weighted by Gasteiger charge is 2.21. The summed E-state index contributed by atoms with van der Waals surface area (Å²) in [5.41, 5.74) is 16.5. The quantitative estimate of drug-likeness (QED) is 0.119. The van der Waals surface area contributed by atoms with Gasteiger partial charge in [-0.1, -0.05) is 188 Å². The molecule has 0 fully saturated rings. The Morgan fingerprint density at radius 2 is 0.953 bits per heavy atom. The van der Waals surface area contributed by atoms with Crippen LogP contribution >= 0.6 is 0 Å². The van der Waals surface area contributed by atoms with Crippen LogP contribution in [0, 0.1) is 0 Å². The van der Waals surface area contributed by atoms with Gasteiger partial charge in [0.2, 0.25) is 0 Å². The van der Waals surface area contributed by atoms with E-state index in [2.05, 4.69) is 205 Å². The Balaban J connectivity index is 1.00. The van der Waals surface area contributed by atoms with Crippen LogP contribution in [0.5, 0.6) is 0 Å². The fourth-order valence-electron chi connectivity index (χ4n) is 9.64. The number of benzene rings is 8. The smallest absolute Gasteiger partial charge is 0.0973 e. The highest BCUT2D eigenvalue weighted by molar-refractivity contribution is 6.20. The van der Waals surface area contributed by atoms with Gasteiger partial charge in [-0.15, -0.1) is 0 Å². The lowest BCUT2D eigenvalue weighted by Gasteiger charge is -2.22. The summed E-state index contributed by atoms with van der Waals surface area (Å²) in [5.74, 6) is 0.361. The highest BCUT2D eigenvalue weighted by Crippen LogP contribution is 2.45. The lowest BCUT2D eigenvalue weighted by Crippen LogP contribution is -2.00. The monoisotopic (exact) mass is 815 g/mol. The molecule has 1 aliphatic carbocycles. The summed E-state index contributed by atoms with van der Waals surface area (Å²) in [6.45, 7) is 0. The molecule has 0 amide bonds. The molecule has 0 saturated carbocycles. The first-order chi connectivity index (χ1) is 31.7. The van der Waals surface area contributed by atoms with Crippen LogP contribution < -0.4 is 0 Å². The van der Waals surface area contributed by atoms with Gasteiger partial charge in [0.05, 0.1) is 28.1 Å². The van der Waals surface area contributed by atoms with Crippen molar-refractivity contribution in [1.82, 2.24) is 15.0 Å². The van der Waals surface area contributed by atoms with Gasteiger partial charge in [0.25, 0.3) is 0 Å². The summed E-state index contributed by atoms with van der Waals surface area (Å²) in [6.07, 6.45) is 9.95. The van der Waals surface area contributed by atoms with Crippen molar-refractivity contribution in [3.05, 3.63) is 242 Å². The molecule has 12 rings (SSSR count). The number of fused-ring (bicyclic) bond motifs is 5. The number of aromatic nitrogens is 3. The number of hydrogen-bond donors (Lipinski definition) is 0. The van der Waals surface area contributed by atoms with Crippen molar-refractivity contribution >= 4 is 48.9 Å². The molecule has 3 nitrogen and oxygen atoms in total. The number of hydrogen-bond acceptors (Lipinski definition) is 3. The zero-order valence-electron chi connectivity index (χ0n) is 35.1. The molecule has 0 saturated heterocycles. The van der Waals surface area contributed by atoms with Gasteiger partial charge >= 0.3 is 0 Å². The first kappa shape index (κ1) is 37.5. The van der Waals surface area contributed by atoms with Gasteiger partial charge in [0.15, 0.2) is 0 Å². The lowest BCUT2D eigenvalue weighted by molar-refractivity contribution is 0.857. The predicted molar refractivity (Wildman–Crippen MR) is 268 cm³/mol. The number of allylic oxidation sites excluding steroid dienone is 4. The fourth-order valence-corrected chi connectivity index (χ4v) is 9.64. The van der Waals surface area contributed by atoms with Crippen molar-refractivity contribution in [3.8, 4) is 56.0 Å². The summed E-state index contributed by atoms with van der Waals surface area (Å²) >= 11 is 0. The van der Waals surface area contributed by atoms with Crippen molar-refractivity contribution in [2.75, 3.05) is 0 Å². The van der Waals surface area contributed by atoms with Crippen LogP contribution in [0.1, 0.15) is 23.5 Å².